The van der Waals surface area contributed by atoms with Crippen LogP contribution in [0.3, 0.4) is 0 Å². The van der Waals surface area contributed by atoms with Gasteiger partial charge in [0.05, 0.1) is 19.3 Å². The van der Waals surface area contributed by atoms with Crippen LogP contribution in [0.4, 0.5) is 0 Å². The highest BCUT2D eigenvalue weighted by molar-refractivity contribution is 5.77. The first-order chi connectivity index (χ1) is 9.18. The van der Waals surface area contributed by atoms with Gasteiger partial charge in [-0.2, -0.15) is 0 Å². The molecule has 1 aliphatic heterocycles. The van der Waals surface area contributed by atoms with E-state index in [4.69, 9.17) is 4.74 Å². The summed E-state index contributed by atoms with van der Waals surface area (Å²) in [4.78, 5) is 14.1. The quantitative estimate of drug-likeness (QED) is 0.896. The second-order valence-corrected chi connectivity index (χ2v) is 5.02. The van der Waals surface area contributed by atoms with E-state index in [0.717, 1.165) is 18.7 Å². The normalized spacial score (nSPS) is 20.8. The minimum absolute atomic E-state index is 0.0956. The molecule has 2 rings (SSSR count). The maximum absolute atomic E-state index is 12.3. The summed E-state index contributed by atoms with van der Waals surface area (Å²) < 4.78 is 5.37. The van der Waals surface area contributed by atoms with Gasteiger partial charge < -0.3 is 15.0 Å². The number of ether oxygens (including phenoxy) is 1. The molecule has 4 nitrogen and oxygen atoms in total. The fourth-order valence-corrected chi connectivity index (χ4v) is 2.28. The smallest absolute Gasteiger partial charge is 0.224 e. The monoisotopic (exact) mass is 262 g/mol. The molecule has 1 aromatic carbocycles. The van der Waals surface area contributed by atoms with Gasteiger partial charge in [-0.05, 0) is 12.5 Å². The van der Waals surface area contributed by atoms with E-state index >= 15 is 0 Å². The van der Waals surface area contributed by atoms with Gasteiger partial charge in [-0.1, -0.05) is 30.3 Å². The van der Waals surface area contributed by atoms with Crippen molar-refractivity contribution in [2.45, 2.75) is 25.4 Å². The molecule has 104 valence electrons. The number of carbonyl (C=O) groups excluding carboxylic acids is 1. The van der Waals surface area contributed by atoms with Gasteiger partial charge in [-0.15, -0.1) is 0 Å². The van der Waals surface area contributed by atoms with Gasteiger partial charge in [0.1, 0.15) is 0 Å². The molecule has 0 aromatic heterocycles. The average molecular weight is 262 g/mol. The predicted molar refractivity (Wildman–Crippen MR) is 74.9 cm³/mol. The van der Waals surface area contributed by atoms with Crippen molar-refractivity contribution in [3.05, 3.63) is 35.9 Å². The van der Waals surface area contributed by atoms with Crippen molar-refractivity contribution in [3.8, 4) is 0 Å². The summed E-state index contributed by atoms with van der Waals surface area (Å²) >= 11 is 0. The molecule has 0 spiro atoms. The SMILES string of the molecule is CC(c1ccccc1)N(C)C(=O)CC1COCCN1. The van der Waals surface area contributed by atoms with Gasteiger partial charge in [-0.25, -0.2) is 0 Å². The van der Waals surface area contributed by atoms with Crippen LogP contribution in [0.25, 0.3) is 0 Å². The van der Waals surface area contributed by atoms with Crippen molar-refractivity contribution in [1.29, 1.82) is 0 Å². The van der Waals surface area contributed by atoms with Crippen molar-refractivity contribution in [2.24, 2.45) is 0 Å². The summed E-state index contributed by atoms with van der Waals surface area (Å²) in [5.74, 6) is 0.152. The lowest BCUT2D eigenvalue weighted by molar-refractivity contribution is -0.133. The van der Waals surface area contributed by atoms with E-state index < -0.39 is 0 Å². The molecule has 1 fully saturated rings. The summed E-state index contributed by atoms with van der Waals surface area (Å²) in [5, 5.41) is 3.31. The fourth-order valence-electron chi connectivity index (χ4n) is 2.28. The van der Waals surface area contributed by atoms with Gasteiger partial charge in [-0.3, -0.25) is 4.79 Å². The van der Waals surface area contributed by atoms with Crippen LogP contribution >= 0.6 is 0 Å². The Labute approximate surface area is 114 Å². The molecule has 0 bridgehead atoms. The number of hydrogen-bond donors (Lipinski definition) is 1. The maximum Gasteiger partial charge on any atom is 0.224 e. The van der Waals surface area contributed by atoms with Gasteiger partial charge in [0.25, 0.3) is 0 Å². The number of hydrogen-bond acceptors (Lipinski definition) is 3. The number of carbonyl (C=O) groups is 1. The minimum Gasteiger partial charge on any atom is -0.378 e. The van der Waals surface area contributed by atoms with Crippen molar-refractivity contribution in [1.82, 2.24) is 10.2 Å². The zero-order valence-electron chi connectivity index (χ0n) is 11.6. The molecule has 1 aliphatic rings. The zero-order valence-corrected chi connectivity index (χ0v) is 11.6. The molecular formula is C15H22N2O2. The lowest BCUT2D eigenvalue weighted by atomic mass is 10.1. The first kappa shape index (κ1) is 14.0. The molecule has 0 saturated carbocycles. The lowest BCUT2D eigenvalue weighted by Gasteiger charge is -2.29. The highest BCUT2D eigenvalue weighted by Gasteiger charge is 2.22. The summed E-state index contributed by atoms with van der Waals surface area (Å²) in [6.45, 7) is 4.24. The van der Waals surface area contributed by atoms with Gasteiger partial charge in [0.2, 0.25) is 5.91 Å². The summed E-state index contributed by atoms with van der Waals surface area (Å²) in [5.41, 5.74) is 1.16. The Bertz CT molecular complexity index is 402. The van der Waals surface area contributed by atoms with E-state index in [1.807, 2.05) is 30.1 Å². The third-order valence-electron chi connectivity index (χ3n) is 3.68. The molecule has 2 unspecified atom stereocenters. The van der Waals surface area contributed by atoms with Crippen LogP contribution in [0, 0.1) is 0 Å². The average Bonchev–Trinajstić information content (AvgIpc) is 2.47. The zero-order chi connectivity index (χ0) is 13.7. The minimum atomic E-state index is 0.0956. The highest BCUT2D eigenvalue weighted by atomic mass is 16.5. The molecule has 1 aromatic rings. The standard InChI is InChI=1S/C15H22N2O2/c1-12(13-6-4-3-5-7-13)17(2)15(18)10-14-11-19-9-8-16-14/h3-7,12,14,16H,8-11H2,1-2H3. The summed E-state index contributed by atoms with van der Waals surface area (Å²) in [6, 6.07) is 10.3. The van der Waals surface area contributed by atoms with E-state index in [9.17, 15) is 4.79 Å². The number of nitrogens with zero attached hydrogens (tertiary/aromatic N) is 1. The maximum atomic E-state index is 12.3. The molecule has 1 heterocycles. The predicted octanol–water partition coefficient (Wildman–Crippen LogP) is 1.58. The Balaban J connectivity index is 1.91. The van der Waals surface area contributed by atoms with Crippen LogP contribution in [-0.2, 0) is 9.53 Å². The number of morpholine rings is 1. The lowest BCUT2D eigenvalue weighted by Crippen LogP contribution is -2.44. The fraction of sp³-hybridized carbons (Fsp3) is 0.533. The molecule has 1 N–H and O–H groups in total. The third kappa shape index (κ3) is 3.78. The van der Waals surface area contributed by atoms with Crippen molar-refractivity contribution < 1.29 is 9.53 Å². The molecule has 1 saturated heterocycles. The molecule has 2 atom stereocenters. The van der Waals surface area contributed by atoms with Crippen molar-refractivity contribution >= 4 is 5.91 Å². The Hall–Kier alpha value is -1.39. The Kier molecular flexibility index (Phi) is 4.93. The molecule has 0 aliphatic carbocycles. The van der Waals surface area contributed by atoms with E-state index in [2.05, 4.69) is 24.4 Å². The van der Waals surface area contributed by atoms with Crippen LogP contribution in [0.1, 0.15) is 24.9 Å². The van der Waals surface area contributed by atoms with Crippen molar-refractivity contribution in [3.63, 3.8) is 0 Å². The molecule has 1 amide bonds. The van der Waals surface area contributed by atoms with Crippen molar-refractivity contribution in [2.75, 3.05) is 26.8 Å². The largest absolute Gasteiger partial charge is 0.378 e. The molecular weight excluding hydrogens is 240 g/mol. The van der Waals surface area contributed by atoms with Crippen LogP contribution in [0.5, 0.6) is 0 Å². The Morgan fingerprint density at radius 1 is 1.47 bits per heavy atom. The van der Waals surface area contributed by atoms with Gasteiger partial charge >= 0.3 is 0 Å². The van der Waals surface area contributed by atoms with Crippen LogP contribution in [0.15, 0.2) is 30.3 Å². The molecule has 0 radical (unpaired) electrons. The first-order valence-corrected chi connectivity index (χ1v) is 6.80. The number of nitrogens with one attached hydrogen (secondary N) is 1. The van der Waals surface area contributed by atoms with E-state index in [1.54, 1.807) is 0 Å². The topological polar surface area (TPSA) is 41.6 Å². The van der Waals surface area contributed by atoms with Crippen LogP contribution < -0.4 is 5.32 Å². The van der Waals surface area contributed by atoms with E-state index in [1.165, 1.54) is 0 Å². The van der Waals surface area contributed by atoms with Crippen LogP contribution in [-0.4, -0.2) is 43.7 Å². The molecule has 19 heavy (non-hydrogen) atoms. The second kappa shape index (κ2) is 6.68. The third-order valence-corrected chi connectivity index (χ3v) is 3.68. The summed E-state index contributed by atoms with van der Waals surface area (Å²) in [7, 11) is 1.86. The van der Waals surface area contributed by atoms with Gasteiger partial charge in [0, 0.05) is 26.1 Å². The first-order valence-electron chi connectivity index (χ1n) is 6.80. The molecule has 4 heteroatoms. The number of benzene rings is 1. The van der Waals surface area contributed by atoms with Gasteiger partial charge in [0.15, 0.2) is 0 Å². The summed E-state index contributed by atoms with van der Waals surface area (Å²) in [6.07, 6.45) is 0.494. The highest BCUT2D eigenvalue weighted by Crippen LogP contribution is 2.19. The van der Waals surface area contributed by atoms with E-state index in [-0.39, 0.29) is 18.0 Å². The van der Waals surface area contributed by atoms with Crippen LogP contribution in [0.2, 0.25) is 0 Å². The van der Waals surface area contributed by atoms with E-state index in [0.29, 0.717) is 13.0 Å². The number of rotatable bonds is 4. The Morgan fingerprint density at radius 3 is 2.84 bits per heavy atom. The second-order valence-electron chi connectivity index (χ2n) is 5.02. The number of amides is 1. The Morgan fingerprint density at radius 2 is 2.21 bits per heavy atom.